The third-order valence-corrected chi connectivity index (χ3v) is 4.08. The molecule has 0 aromatic heterocycles. The molecule has 2 aromatic rings. The number of benzene rings is 2. The molecule has 0 spiro atoms. The quantitative estimate of drug-likeness (QED) is 0.344. The Kier molecular flexibility index (Phi) is 9.50. The molecular weight excluding hydrogens is 336 g/mol. The lowest BCUT2D eigenvalue weighted by atomic mass is 10.1. The zero-order valence-corrected chi connectivity index (χ0v) is 16.1. The molecule has 0 aliphatic heterocycles. The van der Waals surface area contributed by atoms with Crippen LogP contribution in [0.1, 0.15) is 24.5 Å². The van der Waals surface area contributed by atoms with Crippen LogP contribution in [0.4, 0.5) is 0 Å². The molecule has 0 aliphatic carbocycles. The van der Waals surface area contributed by atoms with E-state index in [1.807, 2.05) is 31.2 Å². The van der Waals surface area contributed by atoms with Crippen molar-refractivity contribution in [2.24, 2.45) is 4.99 Å². The Bertz CT molecular complexity index is 686. The maximum Gasteiger partial charge on any atom is 0.241 e. The standard InChI is InChI=1S/C22H30N4O/c1-2-23-22(25-16-9-14-19-10-5-3-6-11-19)26-18-21(27)24-17-15-20-12-7-4-8-13-20/h3-8,10-13H,2,9,14-18H2,1H3,(H,24,27)(H2,23,25,26). The van der Waals surface area contributed by atoms with Crippen molar-refractivity contribution < 1.29 is 4.79 Å². The molecule has 0 unspecified atom stereocenters. The normalized spacial score (nSPS) is 11.1. The highest BCUT2D eigenvalue weighted by atomic mass is 16.1. The summed E-state index contributed by atoms with van der Waals surface area (Å²) in [5, 5.41) is 9.38. The van der Waals surface area contributed by atoms with E-state index in [9.17, 15) is 4.79 Å². The van der Waals surface area contributed by atoms with E-state index in [4.69, 9.17) is 0 Å². The number of carbonyl (C=O) groups is 1. The molecule has 0 atom stereocenters. The van der Waals surface area contributed by atoms with Crippen molar-refractivity contribution in [2.45, 2.75) is 26.2 Å². The maximum atomic E-state index is 12.0. The van der Waals surface area contributed by atoms with Crippen LogP contribution in [0.15, 0.2) is 65.7 Å². The van der Waals surface area contributed by atoms with Crippen LogP contribution >= 0.6 is 0 Å². The Morgan fingerprint density at radius 2 is 1.44 bits per heavy atom. The van der Waals surface area contributed by atoms with Crippen LogP contribution in [0.2, 0.25) is 0 Å². The van der Waals surface area contributed by atoms with E-state index in [0.29, 0.717) is 12.5 Å². The van der Waals surface area contributed by atoms with Gasteiger partial charge in [0.15, 0.2) is 5.96 Å². The topological polar surface area (TPSA) is 65.5 Å². The Morgan fingerprint density at radius 1 is 0.815 bits per heavy atom. The Hall–Kier alpha value is -2.82. The van der Waals surface area contributed by atoms with Gasteiger partial charge in [-0.3, -0.25) is 4.79 Å². The third-order valence-electron chi connectivity index (χ3n) is 4.08. The van der Waals surface area contributed by atoms with Gasteiger partial charge in [-0.15, -0.1) is 0 Å². The lowest BCUT2D eigenvalue weighted by Crippen LogP contribution is -2.39. The van der Waals surface area contributed by atoms with E-state index in [2.05, 4.69) is 57.3 Å². The van der Waals surface area contributed by atoms with Gasteiger partial charge >= 0.3 is 0 Å². The summed E-state index contributed by atoms with van der Waals surface area (Å²) in [7, 11) is 0. The molecule has 0 fully saturated rings. The van der Waals surface area contributed by atoms with E-state index >= 15 is 0 Å². The number of aryl methyl sites for hydroxylation is 1. The van der Waals surface area contributed by atoms with Crippen LogP contribution in [0.3, 0.4) is 0 Å². The summed E-state index contributed by atoms with van der Waals surface area (Å²) in [4.78, 5) is 16.3. The predicted molar refractivity (Wildman–Crippen MR) is 112 cm³/mol. The molecule has 5 heteroatoms. The van der Waals surface area contributed by atoms with Crippen LogP contribution < -0.4 is 16.0 Å². The Balaban J connectivity index is 1.66. The summed E-state index contributed by atoms with van der Waals surface area (Å²) < 4.78 is 0. The van der Waals surface area contributed by atoms with E-state index in [0.717, 1.165) is 32.4 Å². The van der Waals surface area contributed by atoms with Crippen LogP contribution in [0.5, 0.6) is 0 Å². The second-order valence-corrected chi connectivity index (χ2v) is 6.30. The van der Waals surface area contributed by atoms with Crippen LogP contribution in [-0.4, -0.2) is 38.0 Å². The first-order valence-corrected chi connectivity index (χ1v) is 9.64. The van der Waals surface area contributed by atoms with Gasteiger partial charge in [0, 0.05) is 19.6 Å². The van der Waals surface area contributed by atoms with E-state index in [-0.39, 0.29) is 12.5 Å². The largest absolute Gasteiger partial charge is 0.357 e. The zero-order chi connectivity index (χ0) is 19.2. The van der Waals surface area contributed by atoms with Gasteiger partial charge < -0.3 is 16.0 Å². The van der Waals surface area contributed by atoms with Gasteiger partial charge in [0.05, 0.1) is 0 Å². The van der Waals surface area contributed by atoms with Gasteiger partial charge in [-0.05, 0) is 37.3 Å². The molecule has 2 rings (SSSR count). The fourth-order valence-corrected chi connectivity index (χ4v) is 2.68. The summed E-state index contributed by atoms with van der Waals surface area (Å²) in [5.74, 6) is 0.621. The summed E-state index contributed by atoms with van der Waals surface area (Å²) in [6.07, 6.45) is 2.86. The monoisotopic (exact) mass is 366 g/mol. The first kappa shape index (κ1) is 20.5. The molecule has 0 bridgehead atoms. The van der Waals surface area contributed by atoms with E-state index in [1.54, 1.807) is 0 Å². The smallest absolute Gasteiger partial charge is 0.241 e. The molecule has 0 saturated heterocycles. The molecule has 2 aromatic carbocycles. The molecule has 0 saturated carbocycles. The minimum atomic E-state index is -0.0626. The fourth-order valence-electron chi connectivity index (χ4n) is 2.68. The highest BCUT2D eigenvalue weighted by molar-refractivity contribution is 5.84. The molecule has 1 amide bonds. The molecule has 27 heavy (non-hydrogen) atoms. The molecular formula is C22H30N4O. The average Bonchev–Trinajstić information content (AvgIpc) is 2.71. The molecule has 0 aliphatic rings. The molecule has 5 nitrogen and oxygen atoms in total. The second kappa shape index (κ2) is 12.5. The number of aliphatic imine (C=N–C) groups is 1. The molecule has 0 radical (unpaired) electrons. The fraction of sp³-hybridized carbons (Fsp3) is 0.364. The first-order chi connectivity index (χ1) is 13.3. The number of amides is 1. The van der Waals surface area contributed by atoms with Crippen molar-refractivity contribution in [3.05, 3.63) is 71.8 Å². The SMILES string of the molecule is CCNC(=NCC(=O)NCCc1ccccc1)NCCCc1ccccc1. The minimum Gasteiger partial charge on any atom is -0.357 e. The van der Waals surface area contributed by atoms with Crippen LogP contribution in [-0.2, 0) is 17.6 Å². The van der Waals surface area contributed by atoms with Crippen LogP contribution in [0.25, 0.3) is 0 Å². The van der Waals surface area contributed by atoms with Gasteiger partial charge in [0.1, 0.15) is 6.54 Å². The highest BCUT2D eigenvalue weighted by Crippen LogP contribution is 2.01. The van der Waals surface area contributed by atoms with E-state index in [1.165, 1.54) is 11.1 Å². The van der Waals surface area contributed by atoms with Crippen molar-refractivity contribution in [1.29, 1.82) is 0 Å². The number of carbonyl (C=O) groups excluding carboxylic acids is 1. The number of rotatable bonds is 10. The Morgan fingerprint density at radius 3 is 2.07 bits per heavy atom. The lowest BCUT2D eigenvalue weighted by molar-refractivity contribution is -0.119. The van der Waals surface area contributed by atoms with Gasteiger partial charge in [0.2, 0.25) is 5.91 Å². The first-order valence-electron chi connectivity index (χ1n) is 9.64. The number of nitrogens with zero attached hydrogens (tertiary/aromatic N) is 1. The van der Waals surface area contributed by atoms with Crippen molar-refractivity contribution in [2.75, 3.05) is 26.2 Å². The average molecular weight is 367 g/mol. The molecule has 144 valence electrons. The van der Waals surface area contributed by atoms with Gasteiger partial charge in [-0.1, -0.05) is 60.7 Å². The summed E-state index contributed by atoms with van der Waals surface area (Å²) in [6, 6.07) is 20.6. The summed E-state index contributed by atoms with van der Waals surface area (Å²) in [6.45, 7) is 4.35. The predicted octanol–water partition coefficient (Wildman–Crippen LogP) is 2.53. The number of hydrogen-bond donors (Lipinski definition) is 3. The summed E-state index contributed by atoms with van der Waals surface area (Å²) in [5.41, 5.74) is 2.55. The second-order valence-electron chi connectivity index (χ2n) is 6.30. The van der Waals surface area contributed by atoms with Gasteiger partial charge in [0.25, 0.3) is 0 Å². The molecule has 0 heterocycles. The van der Waals surface area contributed by atoms with Crippen molar-refractivity contribution in [3.63, 3.8) is 0 Å². The molecule has 3 N–H and O–H groups in total. The van der Waals surface area contributed by atoms with Crippen molar-refractivity contribution >= 4 is 11.9 Å². The zero-order valence-electron chi connectivity index (χ0n) is 16.1. The number of nitrogens with one attached hydrogen (secondary N) is 3. The third kappa shape index (κ3) is 8.90. The van der Waals surface area contributed by atoms with Gasteiger partial charge in [-0.2, -0.15) is 0 Å². The summed E-state index contributed by atoms with van der Waals surface area (Å²) >= 11 is 0. The van der Waals surface area contributed by atoms with Crippen molar-refractivity contribution in [3.8, 4) is 0 Å². The van der Waals surface area contributed by atoms with E-state index < -0.39 is 0 Å². The highest BCUT2D eigenvalue weighted by Gasteiger charge is 2.02. The minimum absolute atomic E-state index is 0.0626. The Labute approximate surface area is 162 Å². The van der Waals surface area contributed by atoms with Crippen molar-refractivity contribution in [1.82, 2.24) is 16.0 Å². The lowest BCUT2D eigenvalue weighted by Gasteiger charge is -2.11. The number of hydrogen-bond acceptors (Lipinski definition) is 2. The number of guanidine groups is 1. The van der Waals surface area contributed by atoms with Crippen LogP contribution in [0, 0.1) is 0 Å². The van der Waals surface area contributed by atoms with Gasteiger partial charge in [-0.25, -0.2) is 4.99 Å². The maximum absolute atomic E-state index is 12.0.